The summed E-state index contributed by atoms with van der Waals surface area (Å²) in [5.74, 6) is -2.16. The number of rotatable bonds is 6. The van der Waals surface area contributed by atoms with Gasteiger partial charge in [0.05, 0.1) is 11.3 Å². The Morgan fingerprint density at radius 3 is 2.26 bits per heavy atom. The Hall–Kier alpha value is -4.78. The Kier molecular flexibility index (Phi) is 6.45. The molecule has 7 nitrogen and oxygen atoms in total. The van der Waals surface area contributed by atoms with Gasteiger partial charge in [-0.1, -0.05) is 36.4 Å². The second-order valence-electron chi connectivity index (χ2n) is 7.63. The van der Waals surface area contributed by atoms with Crippen LogP contribution in [0, 0.1) is 0 Å². The quantitative estimate of drug-likeness (QED) is 0.348. The Bertz CT molecular complexity index is 1430. The predicted octanol–water partition coefficient (Wildman–Crippen LogP) is 5.23. The van der Waals surface area contributed by atoms with Gasteiger partial charge in [-0.2, -0.15) is 0 Å². The number of anilines is 2. The number of hydrogen-bond donors (Lipinski definition) is 3. The van der Waals surface area contributed by atoms with Crippen LogP contribution in [0.1, 0.15) is 33.2 Å². The van der Waals surface area contributed by atoms with Gasteiger partial charge in [0, 0.05) is 29.7 Å². The van der Waals surface area contributed by atoms with E-state index < -0.39 is 17.8 Å². The van der Waals surface area contributed by atoms with Crippen molar-refractivity contribution in [3.8, 4) is 0 Å². The number of carboxylic acid groups (broad SMARTS) is 1. The van der Waals surface area contributed by atoms with Crippen LogP contribution in [-0.2, 0) is 4.79 Å². The fraction of sp³-hybridized carbons (Fsp3) is 0.0370. The number of hydrogen-bond acceptors (Lipinski definition) is 4. The molecule has 0 unspecified atom stereocenters. The summed E-state index contributed by atoms with van der Waals surface area (Å²) in [6, 6.07) is 21.1. The molecule has 4 aromatic rings. The first kappa shape index (κ1) is 22.4. The first-order chi connectivity index (χ1) is 16.4. The van der Waals surface area contributed by atoms with Gasteiger partial charge in [0.2, 0.25) is 5.91 Å². The second-order valence-corrected chi connectivity index (χ2v) is 7.63. The topological polar surface area (TPSA) is 108 Å². The molecule has 0 spiro atoms. The third-order valence-electron chi connectivity index (χ3n) is 5.26. The summed E-state index contributed by atoms with van der Waals surface area (Å²) < 4.78 is 0. The zero-order valence-corrected chi connectivity index (χ0v) is 18.3. The molecule has 7 heteroatoms. The summed E-state index contributed by atoms with van der Waals surface area (Å²) in [6.45, 7) is 1.81. The van der Waals surface area contributed by atoms with E-state index in [1.54, 1.807) is 31.5 Å². The fourth-order valence-electron chi connectivity index (χ4n) is 3.50. The fourth-order valence-corrected chi connectivity index (χ4v) is 3.50. The molecule has 0 saturated heterocycles. The molecule has 2 amide bonds. The molecule has 0 radical (unpaired) electrons. The normalized spacial score (nSPS) is 11.1. The number of carboxylic acids is 1. The van der Waals surface area contributed by atoms with Crippen molar-refractivity contribution in [2.45, 2.75) is 6.92 Å². The van der Waals surface area contributed by atoms with Crippen LogP contribution < -0.4 is 10.6 Å². The van der Waals surface area contributed by atoms with E-state index in [1.807, 2.05) is 42.5 Å². The zero-order valence-electron chi connectivity index (χ0n) is 18.3. The van der Waals surface area contributed by atoms with Gasteiger partial charge in [-0.05, 0) is 65.2 Å². The summed E-state index contributed by atoms with van der Waals surface area (Å²) in [5.41, 5.74) is 2.24. The highest BCUT2D eigenvalue weighted by molar-refractivity contribution is 6.10. The number of benzene rings is 3. The molecule has 3 aromatic carbocycles. The lowest BCUT2D eigenvalue weighted by Crippen LogP contribution is -2.16. The lowest BCUT2D eigenvalue weighted by Gasteiger charge is -2.11. The number of pyridine rings is 1. The van der Waals surface area contributed by atoms with E-state index >= 15 is 0 Å². The molecular weight excluding hydrogens is 430 g/mol. The number of aromatic carboxylic acids is 1. The van der Waals surface area contributed by atoms with Crippen LogP contribution in [0.3, 0.4) is 0 Å². The number of carbonyl (C=O) groups excluding carboxylic acids is 2. The lowest BCUT2D eigenvalue weighted by atomic mass is 10.0. The van der Waals surface area contributed by atoms with Gasteiger partial charge in [0.15, 0.2) is 0 Å². The van der Waals surface area contributed by atoms with Crippen LogP contribution in [-0.4, -0.2) is 27.9 Å². The SMILES string of the molecule is CC(=CC(=O)Nc1cc(C(=O)Nc2ccncc2)ccc1C(=O)O)c1ccc2ccccc2c1. The molecule has 1 aromatic heterocycles. The van der Waals surface area contributed by atoms with Gasteiger partial charge < -0.3 is 15.7 Å². The number of amides is 2. The minimum absolute atomic E-state index is 0.0300. The maximum Gasteiger partial charge on any atom is 0.337 e. The van der Waals surface area contributed by atoms with Crippen LogP contribution in [0.2, 0.25) is 0 Å². The van der Waals surface area contributed by atoms with Gasteiger partial charge in [-0.3, -0.25) is 14.6 Å². The zero-order chi connectivity index (χ0) is 24.1. The molecule has 34 heavy (non-hydrogen) atoms. The summed E-state index contributed by atoms with van der Waals surface area (Å²) in [6.07, 6.45) is 4.48. The van der Waals surface area contributed by atoms with E-state index in [4.69, 9.17) is 0 Å². The van der Waals surface area contributed by atoms with Crippen LogP contribution >= 0.6 is 0 Å². The molecule has 0 atom stereocenters. The standard InChI is InChI=1S/C27H21N3O4/c1-17(19-7-6-18-4-2-3-5-20(18)15-19)14-25(31)30-24-16-21(8-9-23(24)27(33)34)26(32)29-22-10-12-28-13-11-22/h2-16H,1H3,(H,30,31)(H,33,34)(H,28,29,32). The largest absolute Gasteiger partial charge is 0.478 e. The summed E-state index contributed by atoms with van der Waals surface area (Å²) in [5, 5.41) is 17.0. The van der Waals surface area contributed by atoms with Crippen LogP contribution in [0.5, 0.6) is 0 Å². The summed E-state index contributed by atoms with van der Waals surface area (Å²) in [4.78, 5) is 40.9. The van der Waals surface area contributed by atoms with Gasteiger partial charge in [-0.15, -0.1) is 0 Å². The number of carbonyl (C=O) groups is 3. The summed E-state index contributed by atoms with van der Waals surface area (Å²) in [7, 11) is 0. The number of aromatic nitrogens is 1. The molecule has 4 rings (SSSR count). The van der Waals surface area contributed by atoms with E-state index in [1.165, 1.54) is 24.3 Å². The maximum atomic E-state index is 12.7. The second kappa shape index (κ2) is 9.79. The number of nitrogens with one attached hydrogen (secondary N) is 2. The predicted molar refractivity (Wildman–Crippen MR) is 132 cm³/mol. The Balaban J connectivity index is 1.57. The first-order valence-electron chi connectivity index (χ1n) is 10.5. The molecule has 0 aliphatic rings. The van der Waals surface area contributed by atoms with Gasteiger partial charge in [-0.25, -0.2) is 4.79 Å². The van der Waals surface area contributed by atoms with Crippen molar-refractivity contribution in [1.82, 2.24) is 4.98 Å². The number of fused-ring (bicyclic) bond motifs is 1. The average molecular weight is 451 g/mol. The monoisotopic (exact) mass is 451 g/mol. The van der Waals surface area contributed by atoms with E-state index in [0.29, 0.717) is 11.3 Å². The molecule has 168 valence electrons. The van der Waals surface area contributed by atoms with E-state index in [-0.39, 0.29) is 16.8 Å². The van der Waals surface area contributed by atoms with Crippen LogP contribution in [0.15, 0.2) is 91.3 Å². The molecule has 3 N–H and O–H groups in total. The number of nitrogens with zero attached hydrogens (tertiary/aromatic N) is 1. The van der Waals surface area contributed by atoms with Gasteiger partial charge >= 0.3 is 5.97 Å². The van der Waals surface area contributed by atoms with Gasteiger partial charge in [0.1, 0.15) is 0 Å². The maximum absolute atomic E-state index is 12.7. The summed E-state index contributed by atoms with van der Waals surface area (Å²) >= 11 is 0. The smallest absolute Gasteiger partial charge is 0.337 e. The number of allylic oxidation sites excluding steroid dienone is 1. The third-order valence-corrected chi connectivity index (χ3v) is 5.26. The van der Waals surface area contributed by atoms with Crippen molar-refractivity contribution < 1.29 is 19.5 Å². The Morgan fingerprint density at radius 1 is 0.824 bits per heavy atom. The van der Waals surface area contributed by atoms with Crippen molar-refractivity contribution in [3.63, 3.8) is 0 Å². The molecule has 0 fully saturated rings. The molecular formula is C27H21N3O4. The van der Waals surface area contributed by atoms with Crippen molar-refractivity contribution in [1.29, 1.82) is 0 Å². The van der Waals surface area contributed by atoms with Crippen molar-refractivity contribution in [2.75, 3.05) is 10.6 Å². The highest BCUT2D eigenvalue weighted by Crippen LogP contribution is 2.23. The molecule has 1 heterocycles. The van der Waals surface area contributed by atoms with Crippen molar-refractivity contribution in [2.24, 2.45) is 0 Å². The first-order valence-corrected chi connectivity index (χ1v) is 10.5. The minimum Gasteiger partial charge on any atom is -0.478 e. The lowest BCUT2D eigenvalue weighted by molar-refractivity contribution is -0.111. The van der Waals surface area contributed by atoms with E-state index in [0.717, 1.165) is 16.3 Å². The van der Waals surface area contributed by atoms with Crippen molar-refractivity contribution in [3.05, 3.63) is 108 Å². The van der Waals surface area contributed by atoms with Crippen LogP contribution in [0.25, 0.3) is 16.3 Å². The Morgan fingerprint density at radius 2 is 1.53 bits per heavy atom. The Labute approximate surface area is 195 Å². The highest BCUT2D eigenvalue weighted by atomic mass is 16.4. The highest BCUT2D eigenvalue weighted by Gasteiger charge is 2.16. The average Bonchev–Trinajstić information content (AvgIpc) is 2.84. The minimum atomic E-state index is -1.22. The molecule has 0 saturated carbocycles. The van der Waals surface area contributed by atoms with Gasteiger partial charge in [0.25, 0.3) is 5.91 Å². The molecule has 0 aliphatic heterocycles. The van der Waals surface area contributed by atoms with Crippen molar-refractivity contribution >= 4 is 45.5 Å². The third kappa shape index (κ3) is 5.16. The van der Waals surface area contributed by atoms with E-state index in [2.05, 4.69) is 15.6 Å². The van der Waals surface area contributed by atoms with E-state index in [9.17, 15) is 19.5 Å². The molecule has 0 aliphatic carbocycles. The molecule has 0 bridgehead atoms. The van der Waals surface area contributed by atoms with Crippen LogP contribution in [0.4, 0.5) is 11.4 Å².